The summed E-state index contributed by atoms with van der Waals surface area (Å²) in [5.41, 5.74) is 7.07. The Bertz CT molecular complexity index is 928. The first-order valence-corrected chi connectivity index (χ1v) is 8.19. The molecule has 132 valence electrons. The largest absolute Gasteiger partial charge is 0.497 e. The number of methoxy groups -OCH3 is 1. The highest BCUT2D eigenvalue weighted by atomic mass is 16.5. The van der Waals surface area contributed by atoms with Crippen molar-refractivity contribution < 1.29 is 9.53 Å². The molecule has 6 heteroatoms. The zero-order valence-electron chi connectivity index (χ0n) is 14.9. The zero-order valence-corrected chi connectivity index (χ0v) is 14.9. The monoisotopic (exact) mass is 348 g/mol. The molecule has 2 N–H and O–H groups in total. The van der Waals surface area contributed by atoms with Gasteiger partial charge in [0.1, 0.15) is 11.4 Å². The molecular formula is C20H20N4O2. The number of aromatic nitrogens is 2. The fourth-order valence-electron chi connectivity index (χ4n) is 2.58. The summed E-state index contributed by atoms with van der Waals surface area (Å²) in [5, 5.41) is 11.2. The average molecular weight is 348 g/mol. The molecule has 0 unspecified atom stereocenters. The SMILES string of the molecule is COc1ccc(/C(C)=N\NC(=O)c2[nH]nc(-c3ccccc3)c2C)cc1. The van der Waals surface area contributed by atoms with E-state index in [1.807, 2.05) is 68.4 Å². The van der Waals surface area contributed by atoms with E-state index < -0.39 is 0 Å². The maximum absolute atomic E-state index is 12.4. The summed E-state index contributed by atoms with van der Waals surface area (Å²) < 4.78 is 5.14. The predicted octanol–water partition coefficient (Wildman–Crippen LogP) is 3.55. The van der Waals surface area contributed by atoms with Crippen molar-refractivity contribution in [1.29, 1.82) is 0 Å². The van der Waals surface area contributed by atoms with Gasteiger partial charge in [-0.05, 0) is 43.7 Å². The number of carbonyl (C=O) groups is 1. The molecule has 6 nitrogen and oxygen atoms in total. The van der Waals surface area contributed by atoms with Crippen molar-refractivity contribution in [3.05, 3.63) is 71.4 Å². The van der Waals surface area contributed by atoms with Crippen molar-refractivity contribution in [2.24, 2.45) is 5.10 Å². The third-order valence-corrected chi connectivity index (χ3v) is 4.12. The normalized spacial score (nSPS) is 11.3. The first kappa shape index (κ1) is 17.4. The summed E-state index contributed by atoms with van der Waals surface area (Å²) in [6.45, 7) is 3.69. The number of rotatable bonds is 5. The van der Waals surface area contributed by atoms with Crippen molar-refractivity contribution in [3.63, 3.8) is 0 Å². The number of aromatic amines is 1. The molecule has 0 fully saturated rings. The number of ether oxygens (including phenoxy) is 1. The van der Waals surface area contributed by atoms with Gasteiger partial charge < -0.3 is 4.74 Å². The van der Waals surface area contributed by atoms with Crippen molar-refractivity contribution >= 4 is 11.6 Å². The van der Waals surface area contributed by atoms with Crippen molar-refractivity contribution in [1.82, 2.24) is 15.6 Å². The Morgan fingerprint density at radius 3 is 2.46 bits per heavy atom. The van der Waals surface area contributed by atoms with Gasteiger partial charge in [-0.15, -0.1) is 0 Å². The van der Waals surface area contributed by atoms with Crippen LogP contribution in [0, 0.1) is 6.92 Å². The Balaban J connectivity index is 1.75. The molecule has 26 heavy (non-hydrogen) atoms. The summed E-state index contributed by atoms with van der Waals surface area (Å²) in [4.78, 5) is 12.4. The van der Waals surface area contributed by atoms with Gasteiger partial charge in [0, 0.05) is 11.1 Å². The van der Waals surface area contributed by atoms with Gasteiger partial charge in [0.25, 0.3) is 5.91 Å². The second kappa shape index (κ2) is 7.65. The first-order chi connectivity index (χ1) is 12.6. The van der Waals surface area contributed by atoms with Crippen LogP contribution in [0.1, 0.15) is 28.5 Å². The van der Waals surface area contributed by atoms with Crippen molar-refractivity contribution in [3.8, 4) is 17.0 Å². The number of H-pyrrole nitrogens is 1. The Morgan fingerprint density at radius 2 is 1.81 bits per heavy atom. The Morgan fingerprint density at radius 1 is 1.12 bits per heavy atom. The van der Waals surface area contributed by atoms with Gasteiger partial charge in [0.05, 0.1) is 18.5 Å². The number of hydrogen-bond acceptors (Lipinski definition) is 4. The molecule has 0 saturated heterocycles. The maximum Gasteiger partial charge on any atom is 0.289 e. The fraction of sp³-hybridized carbons (Fsp3) is 0.150. The second-order valence-corrected chi connectivity index (χ2v) is 5.80. The molecule has 0 spiro atoms. The number of hydrazone groups is 1. The summed E-state index contributed by atoms with van der Waals surface area (Å²) in [5.74, 6) is 0.442. The third-order valence-electron chi connectivity index (χ3n) is 4.12. The van der Waals surface area contributed by atoms with E-state index in [1.54, 1.807) is 7.11 Å². The number of nitrogens with zero attached hydrogens (tertiary/aromatic N) is 2. The highest BCUT2D eigenvalue weighted by Gasteiger charge is 2.16. The van der Waals surface area contributed by atoms with Crippen LogP contribution >= 0.6 is 0 Å². The highest BCUT2D eigenvalue weighted by molar-refractivity contribution is 6.01. The van der Waals surface area contributed by atoms with Gasteiger partial charge in [-0.1, -0.05) is 30.3 Å². The van der Waals surface area contributed by atoms with Crippen LogP contribution in [-0.2, 0) is 0 Å². The van der Waals surface area contributed by atoms with Crippen LogP contribution in [0.3, 0.4) is 0 Å². The second-order valence-electron chi connectivity index (χ2n) is 5.80. The molecule has 3 aromatic rings. The minimum Gasteiger partial charge on any atom is -0.497 e. The molecule has 0 saturated carbocycles. The van der Waals surface area contributed by atoms with Gasteiger partial charge >= 0.3 is 0 Å². The number of benzene rings is 2. The van der Waals surface area contributed by atoms with Crippen LogP contribution in [0.25, 0.3) is 11.3 Å². The summed E-state index contributed by atoms with van der Waals surface area (Å²) >= 11 is 0. The maximum atomic E-state index is 12.4. The molecule has 0 bridgehead atoms. The Kier molecular flexibility index (Phi) is 5.12. The van der Waals surface area contributed by atoms with Crippen LogP contribution in [0.15, 0.2) is 59.7 Å². The minimum atomic E-state index is -0.329. The zero-order chi connectivity index (χ0) is 18.5. The standard InChI is InChI=1S/C20H20N4O2/c1-13-18(16-7-5-4-6-8-16)22-23-19(13)20(25)24-21-14(2)15-9-11-17(26-3)12-10-15/h4-12H,1-3H3,(H,22,23)(H,24,25)/b21-14-. The van der Waals surface area contributed by atoms with Gasteiger partial charge in [-0.25, -0.2) is 5.43 Å². The summed E-state index contributed by atoms with van der Waals surface area (Å²) in [6, 6.07) is 17.2. The van der Waals surface area contributed by atoms with Gasteiger partial charge in [0.2, 0.25) is 0 Å². The van der Waals surface area contributed by atoms with Gasteiger partial charge in [0.15, 0.2) is 0 Å². The van der Waals surface area contributed by atoms with E-state index in [0.717, 1.165) is 28.1 Å². The molecule has 1 aromatic heterocycles. The summed E-state index contributed by atoms with van der Waals surface area (Å²) in [7, 11) is 1.62. The molecule has 0 atom stereocenters. The lowest BCUT2D eigenvalue weighted by molar-refractivity contribution is 0.0949. The Hall–Kier alpha value is -3.41. The van der Waals surface area contributed by atoms with Crippen LogP contribution < -0.4 is 10.2 Å². The van der Waals surface area contributed by atoms with Crippen molar-refractivity contribution in [2.45, 2.75) is 13.8 Å². The molecule has 1 amide bonds. The Labute approximate surface area is 151 Å². The number of carbonyl (C=O) groups excluding carboxylic acids is 1. The topological polar surface area (TPSA) is 79.4 Å². The van der Waals surface area contributed by atoms with E-state index in [2.05, 4.69) is 20.7 Å². The molecule has 1 heterocycles. The smallest absolute Gasteiger partial charge is 0.289 e. The van der Waals surface area contributed by atoms with Gasteiger partial charge in [-0.2, -0.15) is 10.2 Å². The first-order valence-electron chi connectivity index (χ1n) is 8.19. The lowest BCUT2D eigenvalue weighted by atomic mass is 10.1. The number of hydrogen-bond donors (Lipinski definition) is 2. The van der Waals surface area contributed by atoms with Crippen LogP contribution in [-0.4, -0.2) is 28.9 Å². The van der Waals surface area contributed by atoms with E-state index in [4.69, 9.17) is 4.74 Å². The lowest BCUT2D eigenvalue weighted by Gasteiger charge is -2.04. The van der Waals surface area contributed by atoms with Crippen LogP contribution in [0.4, 0.5) is 0 Å². The van der Waals surface area contributed by atoms with E-state index in [9.17, 15) is 4.79 Å². The molecule has 0 aliphatic rings. The number of nitrogens with one attached hydrogen (secondary N) is 2. The molecular weight excluding hydrogens is 328 g/mol. The minimum absolute atomic E-state index is 0.329. The predicted molar refractivity (Wildman–Crippen MR) is 101 cm³/mol. The van der Waals surface area contributed by atoms with Crippen molar-refractivity contribution in [2.75, 3.05) is 7.11 Å². The number of amides is 1. The van der Waals surface area contributed by atoms with E-state index in [1.165, 1.54) is 0 Å². The van der Waals surface area contributed by atoms with E-state index in [0.29, 0.717) is 11.4 Å². The van der Waals surface area contributed by atoms with Crippen LogP contribution in [0.2, 0.25) is 0 Å². The molecule has 3 rings (SSSR count). The van der Waals surface area contributed by atoms with Crippen LogP contribution in [0.5, 0.6) is 5.75 Å². The third kappa shape index (κ3) is 3.64. The fourth-order valence-corrected chi connectivity index (χ4v) is 2.58. The van der Waals surface area contributed by atoms with Gasteiger partial charge in [-0.3, -0.25) is 9.89 Å². The molecule has 0 radical (unpaired) electrons. The molecule has 2 aromatic carbocycles. The molecule has 0 aliphatic carbocycles. The molecule has 0 aliphatic heterocycles. The van der Waals surface area contributed by atoms with E-state index in [-0.39, 0.29) is 5.91 Å². The average Bonchev–Trinajstić information content (AvgIpc) is 3.08. The lowest BCUT2D eigenvalue weighted by Crippen LogP contribution is -2.20. The van der Waals surface area contributed by atoms with E-state index >= 15 is 0 Å². The quantitative estimate of drug-likeness (QED) is 0.547. The highest BCUT2D eigenvalue weighted by Crippen LogP contribution is 2.22. The summed E-state index contributed by atoms with van der Waals surface area (Å²) in [6.07, 6.45) is 0.